The number of unbranched alkanes of at least 4 members (excludes halogenated alkanes) is 2. The Morgan fingerprint density at radius 1 is 0.952 bits per heavy atom. The first kappa shape index (κ1) is 14.2. The molecule has 0 aliphatic heterocycles. The van der Waals surface area contributed by atoms with E-state index in [1.807, 2.05) is 6.07 Å². The van der Waals surface area contributed by atoms with Gasteiger partial charge in [-0.3, -0.25) is 0 Å². The summed E-state index contributed by atoms with van der Waals surface area (Å²) in [5, 5.41) is 12.0. The number of aliphatic hydroxyl groups excluding tert-OH is 1. The maximum atomic E-state index is 9.40. The second kappa shape index (κ2) is 5.90. The lowest BCUT2D eigenvalue weighted by Gasteiger charge is -2.07. The monoisotopic (exact) mass is 281 g/mol. The largest absolute Gasteiger partial charge is 0.392 e. The zero-order chi connectivity index (χ0) is 14.8. The van der Waals surface area contributed by atoms with Gasteiger partial charge in [-0.25, -0.2) is 0 Å². The van der Waals surface area contributed by atoms with Gasteiger partial charge in [-0.1, -0.05) is 37.5 Å². The molecule has 1 N–H and O–H groups in total. The minimum atomic E-state index is 0.101. The molecular weight excluding hydrogens is 258 g/mol. The molecule has 0 aliphatic rings. The lowest BCUT2D eigenvalue weighted by molar-refractivity contribution is 0.282. The molecule has 0 aliphatic carbocycles. The Labute approximate surface area is 126 Å². The molecule has 0 saturated carbocycles. The normalized spacial score (nSPS) is 11.6. The topological polar surface area (TPSA) is 25.2 Å². The van der Waals surface area contributed by atoms with Gasteiger partial charge in [0.05, 0.1) is 6.61 Å². The van der Waals surface area contributed by atoms with E-state index in [9.17, 15) is 5.11 Å². The van der Waals surface area contributed by atoms with Crippen molar-refractivity contribution in [2.45, 2.75) is 46.3 Å². The fraction of sp³-hybridized carbons (Fsp3) is 0.368. The smallest absolute Gasteiger partial charge is 0.0682 e. The van der Waals surface area contributed by atoms with E-state index in [1.165, 1.54) is 46.6 Å². The van der Waals surface area contributed by atoms with Crippen LogP contribution in [-0.4, -0.2) is 9.67 Å². The molecule has 0 saturated heterocycles. The van der Waals surface area contributed by atoms with Crippen LogP contribution in [0.1, 0.15) is 37.3 Å². The number of aromatic nitrogens is 1. The molecular formula is C19H23NO. The molecule has 21 heavy (non-hydrogen) atoms. The average Bonchev–Trinajstić information content (AvgIpc) is 2.80. The van der Waals surface area contributed by atoms with E-state index in [4.69, 9.17) is 0 Å². The number of hydrogen-bond donors (Lipinski definition) is 1. The maximum absolute atomic E-state index is 9.40. The highest BCUT2D eigenvalue weighted by Gasteiger charge is 2.11. The quantitative estimate of drug-likeness (QED) is 0.669. The van der Waals surface area contributed by atoms with Crippen LogP contribution in [0.3, 0.4) is 0 Å². The lowest BCUT2D eigenvalue weighted by Crippen LogP contribution is -1.97. The fourth-order valence-electron chi connectivity index (χ4n) is 3.12. The number of rotatable bonds is 5. The van der Waals surface area contributed by atoms with Gasteiger partial charge in [-0.15, -0.1) is 0 Å². The molecule has 0 bridgehead atoms. The van der Waals surface area contributed by atoms with Crippen LogP contribution in [-0.2, 0) is 13.2 Å². The Morgan fingerprint density at radius 3 is 2.38 bits per heavy atom. The third-order valence-electron chi connectivity index (χ3n) is 4.25. The minimum absolute atomic E-state index is 0.101. The van der Waals surface area contributed by atoms with Crippen molar-refractivity contribution in [2.75, 3.05) is 0 Å². The van der Waals surface area contributed by atoms with Crippen molar-refractivity contribution in [3.05, 3.63) is 47.5 Å². The van der Waals surface area contributed by atoms with Crippen LogP contribution in [0.4, 0.5) is 0 Å². The molecule has 1 aromatic heterocycles. The summed E-state index contributed by atoms with van der Waals surface area (Å²) < 4.78 is 2.43. The molecule has 0 atom stereocenters. The predicted molar refractivity (Wildman–Crippen MR) is 89.6 cm³/mol. The average molecular weight is 281 g/mol. The third kappa shape index (κ3) is 2.56. The summed E-state index contributed by atoms with van der Waals surface area (Å²) >= 11 is 0. The number of nitrogens with zero attached hydrogens (tertiary/aromatic N) is 1. The predicted octanol–water partition coefficient (Wildman–Crippen LogP) is 4.79. The van der Waals surface area contributed by atoms with Gasteiger partial charge < -0.3 is 9.67 Å². The molecule has 1 heterocycles. The fourth-order valence-corrected chi connectivity index (χ4v) is 3.12. The standard InChI is InChI=1S/C19H23NO/c1-3-4-5-10-20-18-8-6-14(2)11-16(18)17-12-15(13-21)7-9-19(17)20/h6-9,11-12,21H,3-5,10,13H2,1-2H3. The van der Waals surface area contributed by atoms with Gasteiger partial charge in [0, 0.05) is 28.4 Å². The summed E-state index contributed by atoms with van der Waals surface area (Å²) in [6.45, 7) is 5.54. The van der Waals surface area contributed by atoms with Gasteiger partial charge in [-0.2, -0.15) is 0 Å². The van der Waals surface area contributed by atoms with Gasteiger partial charge in [0.1, 0.15) is 0 Å². The van der Waals surface area contributed by atoms with Crippen LogP contribution in [0, 0.1) is 6.92 Å². The summed E-state index contributed by atoms with van der Waals surface area (Å²) in [4.78, 5) is 0. The molecule has 0 fully saturated rings. The number of benzene rings is 2. The van der Waals surface area contributed by atoms with Crippen LogP contribution in [0.15, 0.2) is 36.4 Å². The van der Waals surface area contributed by atoms with Gasteiger partial charge in [0.2, 0.25) is 0 Å². The zero-order valence-electron chi connectivity index (χ0n) is 12.9. The SMILES string of the molecule is CCCCCn1c2ccc(C)cc2c2cc(CO)ccc21. The van der Waals surface area contributed by atoms with Crippen molar-refractivity contribution in [3.63, 3.8) is 0 Å². The second-order valence-electron chi connectivity index (χ2n) is 5.89. The molecule has 0 amide bonds. The summed E-state index contributed by atoms with van der Waals surface area (Å²) in [6, 6.07) is 13.0. The van der Waals surface area contributed by atoms with E-state index in [0.29, 0.717) is 0 Å². The van der Waals surface area contributed by atoms with E-state index in [-0.39, 0.29) is 6.61 Å². The highest BCUT2D eigenvalue weighted by molar-refractivity contribution is 6.08. The van der Waals surface area contributed by atoms with Gasteiger partial charge in [-0.05, 0) is 43.2 Å². The van der Waals surface area contributed by atoms with Crippen LogP contribution in [0.25, 0.3) is 21.8 Å². The molecule has 0 spiro atoms. The van der Waals surface area contributed by atoms with Crippen molar-refractivity contribution in [1.82, 2.24) is 4.57 Å². The summed E-state index contributed by atoms with van der Waals surface area (Å²) in [5.41, 5.74) is 4.85. The first-order chi connectivity index (χ1) is 10.2. The number of hydrogen-bond acceptors (Lipinski definition) is 1. The van der Waals surface area contributed by atoms with E-state index >= 15 is 0 Å². The summed E-state index contributed by atoms with van der Waals surface area (Å²) in [7, 11) is 0. The first-order valence-electron chi connectivity index (χ1n) is 7.87. The van der Waals surface area contributed by atoms with E-state index < -0.39 is 0 Å². The Morgan fingerprint density at radius 2 is 1.67 bits per heavy atom. The molecule has 110 valence electrons. The van der Waals surface area contributed by atoms with Crippen molar-refractivity contribution in [2.24, 2.45) is 0 Å². The minimum Gasteiger partial charge on any atom is -0.392 e. The van der Waals surface area contributed by atoms with Crippen LogP contribution >= 0.6 is 0 Å². The number of fused-ring (bicyclic) bond motifs is 3. The highest BCUT2D eigenvalue weighted by atomic mass is 16.3. The molecule has 2 aromatic carbocycles. The van der Waals surface area contributed by atoms with Crippen LogP contribution < -0.4 is 0 Å². The molecule has 2 heteroatoms. The van der Waals surface area contributed by atoms with Crippen molar-refractivity contribution >= 4 is 21.8 Å². The Bertz CT molecular complexity index is 770. The molecule has 0 radical (unpaired) electrons. The first-order valence-corrected chi connectivity index (χ1v) is 7.87. The second-order valence-corrected chi connectivity index (χ2v) is 5.89. The molecule has 3 aromatic rings. The van der Waals surface area contributed by atoms with Crippen molar-refractivity contribution < 1.29 is 5.11 Å². The third-order valence-corrected chi connectivity index (χ3v) is 4.25. The molecule has 3 rings (SSSR count). The summed E-state index contributed by atoms with van der Waals surface area (Å²) in [6.07, 6.45) is 3.72. The Kier molecular flexibility index (Phi) is 3.98. The van der Waals surface area contributed by atoms with E-state index in [0.717, 1.165) is 12.1 Å². The molecule has 2 nitrogen and oxygen atoms in total. The lowest BCUT2D eigenvalue weighted by atomic mass is 10.1. The highest BCUT2D eigenvalue weighted by Crippen LogP contribution is 2.31. The number of aryl methyl sites for hydroxylation is 2. The Hall–Kier alpha value is -1.80. The van der Waals surface area contributed by atoms with E-state index in [2.05, 4.69) is 48.7 Å². The van der Waals surface area contributed by atoms with Crippen LogP contribution in [0.2, 0.25) is 0 Å². The maximum Gasteiger partial charge on any atom is 0.0682 e. The van der Waals surface area contributed by atoms with Gasteiger partial charge in [0.15, 0.2) is 0 Å². The van der Waals surface area contributed by atoms with Gasteiger partial charge >= 0.3 is 0 Å². The summed E-state index contributed by atoms with van der Waals surface area (Å²) in [5.74, 6) is 0. The van der Waals surface area contributed by atoms with Crippen LogP contribution in [0.5, 0.6) is 0 Å². The van der Waals surface area contributed by atoms with Crippen molar-refractivity contribution in [3.8, 4) is 0 Å². The van der Waals surface area contributed by atoms with Crippen molar-refractivity contribution in [1.29, 1.82) is 0 Å². The Balaban J connectivity index is 2.22. The van der Waals surface area contributed by atoms with Gasteiger partial charge in [0.25, 0.3) is 0 Å². The zero-order valence-corrected chi connectivity index (χ0v) is 12.9. The molecule has 0 unspecified atom stereocenters. The van der Waals surface area contributed by atoms with E-state index in [1.54, 1.807) is 0 Å². The number of aliphatic hydroxyl groups is 1.